The summed E-state index contributed by atoms with van der Waals surface area (Å²) in [6, 6.07) is 3.65. The molecule has 1 radical (unpaired) electrons. The van der Waals surface area contributed by atoms with E-state index in [4.69, 9.17) is 18.9 Å². The van der Waals surface area contributed by atoms with Gasteiger partial charge in [0.25, 0.3) is 0 Å². The zero-order valence-electron chi connectivity index (χ0n) is 11.6. The second-order valence-corrected chi connectivity index (χ2v) is 4.35. The van der Waals surface area contributed by atoms with Gasteiger partial charge in [0, 0.05) is 25.2 Å². The van der Waals surface area contributed by atoms with Crippen LogP contribution in [0.1, 0.15) is 12.8 Å². The smallest absolute Gasteiger partial charge is 0.203 e. The third kappa shape index (κ3) is 3.23. The van der Waals surface area contributed by atoms with Gasteiger partial charge >= 0.3 is 0 Å². The Labute approximate surface area is 113 Å². The zero-order valence-corrected chi connectivity index (χ0v) is 11.6. The summed E-state index contributed by atoms with van der Waals surface area (Å²) in [6.07, 6.45) is 2.12. The highest BCUT2D eigenvalue weighted by molar-refractivity contribution is 5.55. The van der Waals surface area contributed by atoms with E-state index in [1.807, 2.05) is 12.1 Å². The topological polar surface area (TPSA) is 51.0 Å². The lowest BCUT2D eigenvalue weighted by atomic mass is 10.1. The summed E-state index contributed by atoms with van der Waals surface area (Å²) < 4.78 is 21.9. The van der Waals surface area contributed by atoms with Gasteiger partial charge in [0.2, 0.25) is 5.75 Å². The fourth-order valence-corrected chi connectivity index (χ4v) is 2.16. The molecule has 1 aromatic carbocycles. The summed E-state index contributed by atoms with van der Waals surface area (Å²) in [5.41, 5.74) is 0. The Bertz CT molecular complexity index is 391. The molecule has 0 aliphatic carbocycles. The van der Waals surface area contributed by atoms with Gasteiger partial charge in [-0.25, -0.2) is 5.32 Å². The molecule has 0 amide bonds. The number of rotatable bonds is 5. The van der Waals surface area contributed by atoms with Gasteiger partial charge < -0.3 is 18.9 Å². The molecule has 5 heteroatoms. The van der Waals surface area contributed by atoms with Crippen molar-refractivity contribution in [2.24, 2.45) is 0 Å². The van der Waals surface area contributed by atoms with Gasteiger partial charge in [-0.15, -0.1) is 0 Å². The van der Waals surface area contributed by atoms with E-state index in [0.717, 1.165) is 31.7 Å². The van der Waals surface area contributed by atoms with Crippen molar-refractivity contribution in [3.63, 3.8) is 0 Å². The number of ether oxygens (including phenoxy) is 4. The number of hydrogen-bond donors (Lipinski definition) is 0. The largest absolute Gasteiger partial charge is 0.493 e. The quantitative estimate of drug-likeness (QED) is 0.816. The van der Waals surface area contributed by atoms with Crippen LogP contribution < -0.4 is 24.3 Å². The van der Waals surface area contributed by atoms with Crippen LogP contribution in [-0.4, -0.2) is 40.5 Å². The first kappa shape index (κ1) is 13.8. The number of methoxy groups -OCH3 is 3. The minimum atomic E-state index is 0.209. The molecule has 0 bridgehead atoms. The van der Waals surface area contributed by atoms with Crippen LogP contribution in [0.15, 0.2) is 12.1 Å². The van der Waals surface area contributed by atoms with E-state index in [-0.39, 0.29) is 6.10 Å². The summed E-state index contributed by atoms with van der Waals surface area (Å²) in [7, 11) is 4.78. The molecule has 1 aliphatic heterocycles. The predicted octanol–water partition coefficient (Wildman–Crippen LogP) is 1.86. The third-order valence-corrected chi connectivity index (χ3v) is 3.16. The van der Waals surface area contributed by atoms with Crippen molar-refractivity contribution < 1.29 is 18.9 Å². The van der Waals surface area contributed by atoms with E-state index in [2.05, 4.69) is 5.32 Å². The molecule has 2 rings (SSSR count). The molecule has 0 atom stereocenters. The van der Waals surface area contributed by atoms with E-state index >= 15 is 0 Å². The first-order valence-corrected chi connectivity index (χ1v) is 6.38. The Morgan fingerprint density at radius 1 is 0.947 bits per heavy atom. The van der Waals surface area contributed by atoms with Crippen LogP contribution >= 0.6 is 0 Å². The molecule has 1 aromatic rings. The lowest BCUT2D eigenvalue weighted by Gasteiger charge is -2.23. The van der Waals surface area contributed by atoms with Crippen LogP contribution in [0.4, 0.5) is 0 Å². The average Bonchev–Trinajstić information content (AvgIpc) is 2.47. The predicted molar refractivity (Wildman–Crippen MR) is 71.6 cm³/mol. The Morgan fingerprint density at radius 2 is 1.53 bits per heavy atom. The van der Waals surface area contributed by atoms with Gasteiger partial charge in [-0.05, 0) is 12.8 Å². The van der Waals surface area contributed by atoms with Crippen molar-refractivity contribution in [3.05, 3.63) is 12.1 Å². The summed E-state index contributed by atoms with van der Waals surface area (Å²) in [4.78, 5) is 0. The molecule has 105 valence electrons. The van der Waals surface area contributed by atoms with Gasteiger partial charge in [0.1, 0.15) is 11.9 Å². The van der Waals surface area contributed by atoms with Gasteiger partial charge in [-0.2, -0.15) is 0 Å². The van der Waals surface area contributed by atoms with Crippen LogP contribution in [0, 0.1) is 0 Å². The van der Waals surface area contributed by atoms with E-state index in [0.29, 0.717) is 17.2 Å². The third-order valence-electron chi connectivity index (χ3n) is 3.16. The van der Waals surface area contributed by atoms with Crippen LogP contribution in [-0.2, 0) is 0 Å². The van der Waals surface area contributed by atoms with E-state index in [1.54, 1.807) is 21.3 Å². The monoisotopic (exact) mass is 266 g/mol. The summed E-state index contributed by atoms with van der Waals surface area (Å²) in [6.45, 7) is 1.74. The van der Waals surface area contributed by atoms with Crippen molar-refractivity contribution >= 4 is 0 Å². The van der Waals surface area contributed by atoms with Crippen molar-refractivity contribution in [1.82, 2.24) is 5.32 Å². The van der Waals surface area contributed by atoms with E-state index in [1.165, 1.54) is 0 Å². The molecule has 1 fully saturated rings. The summed E-state index contributed by atoms with van der Waals surface area (Å²) in [5.74, 6) is 2.53. The van der Waals surface area contributed by atoms with Crippen LogP contribution in [0.3, 0.4) is 0 Å². The maximum atomic E-state index is 5.96. The zero-order chi connectivity index (χ0) is 13.7. The van der Waals surface area contributed by atoms with Crippen molar-refractivity contribution in [1.29, 1.82) is 0 Å². The molecule has 0 saturated carbocycles. The second kappa shape index (κ2) is 6.52. The number of nitrogens with zero attached hydrogens (tertiary/aromatic N) is 1. The van der Waals surface area contributed by atoms with E-state index in [9.17, 15) is 0 Å². The Morgan fingerprint density at radius 3 is 2.00 bits per heavy atom. The SMILES string of the molecule is COc1cc(OC2CC[N]CC2)cc(OC)c1OC. The van der Waals surface area contributed by atoms with Crippen LogP contribution in [0.2, 0.25) is 0 Å². The standard InChI is InChI=1S/C14H20NO4/c1-16-12-8-11(9-13(17-2)14(12)18-3)19-10-4-6-15-7-5-10/h8-10H,4-7H2,1-3H3. The van der Waals surface area contributed by atoms with E-state index < -0.39 is 0 Å². The molecule has 0 N–H and O–H groups in total. The Kier molecular flexibility index (Phi) is 4.74. The fraction of sp³-hybridized carbons (Fsp3) is 0.571. The molecule has 1 saturated heterocycles. The Balaban J connectivity index is 2.20. The number of piperidine rings is 1. The van der Waals surface area contributed by atoms with Gasteiger partial charge in [0.15, 0.2) is 11.5 Å². The highest BCUT2D eigenvalue weighted by atomic mass is 16.5. The Hall–Kier alpha value is -1.62. The molecule has 0 unspecified atom stereocenters. The average molecular weight is 266 g/mol. The van der Waals surface area contributed by atoms with Crippen molar-refractivity contribution in [3.8, 4) is 23.0 Å². The molecule has 0 spiro atoms. The highest BCUT2D eigenvalue weighted by Crippen LogP contribution is 2.41. The molecule has 0 aromatic heterocycles. The molecule has 1 aliphatic rings. The maximum Gasteiger partial charge on any atom is 0.203 e. The second-order valence-electron chi connectivity index (χ2n) is 4.35. The van der Waals surface area contributed by atoms with Crippen molar-refractivity contribution in [2.75, 3.05) is 34.4 Å². The molecule has 5 nitrogen and oxygen atoms in total. The number of benzene rings is 1. The first-order chi connectivity index (χ1) is 9.28. The van der Waals surface area contributed by atoms with Gasteiger partial charge in [-0.3, -0.25) is 0 Å². The van der Waals surface area contributed by atoms with Gasteiger partial charge in [0.05, 0.1) is 21.3 Å². The number of hydrogen-bond acceptors (Lipinski definition) is 4. The first-order valence-electron chi connectivity index (χ1n) is 6.38. The minimum Gasteiger partial charge on any atom is -0.493 e. The van der Waals surface area contributed by atoms with Crippen LogP contribution in [0.25, 0.3) is 0 Å². The normalized spacial score (nSPS) is 15.9. The summed E-state index contributed by atoms with van der Waals surface area (Å²) >= 11 is 0. The molecular formula is C14H20NO4. The fourth-order valence-electron chi connectivity index (χ4n) is 2.16. The lowest BCUT2D eigenvalue weighted by molar-refractivity contribution is 0.160. The van der Waals surface area contributed by atoms with Crippen LogP contribution in [0.5, 0.6) is 23.0 Å². The van der Waals surface area contributed by atoms with Gasteiger partial charge in [-0.1, -0.05) is 0 Å². The highest BCUT2D eigenvalue weighted by Gasteiger charge is 2.18. The molecule has 19 heavy (non-hydrogen) atoms. The molecule has 1 heterocycles. The minimum absolute atomic E-state index is 0.209. The summed E-state index contributed by atoms with van der Waals surface area (Å²) in [5, 5.41) is 4.31. The molecular weight excluding hydrogens is 246 g/mol. The maximum absolute atomic E-state index is 5.96. The van der Waals surface area contributed by atoms with Crippen molar-refractivity contribution in [2.45, 2.75) is 18.9 Å². The lowest BCUT2D eigenvalue weighted by Crippen LogP contribution is -2.30.